The maximum absolute atomic E-state index is 12.3. The molecule has 1 amide bonds. The summed E-state index contributed by atoms with van der Waals surface area (Å²) in [6.45, 7) is 2.35. The Labute approximate surface area is 119 Å². The van der Waals surface area contributed by atoms with Crippen LogP contribution in [0.3, 0.4) is 0 Å². The number of rotatable bonds is 2. The maximum Gasteiger partial charge on any atom is 0.228 e. The van der Waals surface area contributed by atoms with Crippen LogP contribution < -0.4 is 11.1 Å². The molecule has 2 fully saturated rings. The quantitative estimate of drug-likeness (QED) is 0.809. The number of aryl methyl sites for hydroxylation is 1. The summed E-state index contributed by atoms with van der Waals surface area (Å²) in [4.78, 5) is 12.3. The van der Waals surface area contributed by atoms with Crippen molar-refractivity contribution in [2.45, 2.75) is 26.2 Å². The van der Waals surface area contributed by atoms with Gasteiger partial charge in [0.1, 0.15) is 0 Å². The summed E-state index contributed by atoms with van der Waals surface area (Å²) in [6, 6.07) is 5.93. The predicted octanol–water partition coefficient (Wildman–Crippen LogP) is 2.29. The normalized spacial score (nSPS) is 26.4. The van der Waals surface area contributed by atoms with Crippen LogP contribution in [0.25, 0.3) is 0 Å². The third-order valence-electron chi connectivity index (χ3n) is 4.47. The number of hydrogen-bond donors (Lipinski definition) is 2. The SMILES string of the molecule is Cc1ccc(NC(=O)C2C3CCCC32)c(C#CCN)c1. The van der Waals surface area contributed by atoms with Crippen LogP contribution in [0.2, 0.25) is 0 Å². The molecule has 2 unspecified atom stereocenters. The van der Waals surface area contributed by atoms with E-state index in [2.05, 4.69) is 17.2 Å². The van der Waals surface area contributed by atoms with Crippen LogP contribution >= 0.6 is 0 Å². The van der Waals surface area contributed by atoms with Gasteiger partial charge in [0.2, 0.25) is 5.91 Å². The molecule has 2 atom stereocenters. The van der Waals surface area contributed by atoms with E-state index in [1.54, 1.807) is 0 Å². The van der Waals surface area contributed by atoms with Crippen molar-refractivity contribution >= 4 is 11.6 Å². The molecule has 104 valence electrons. The lowest BCUT2D eigenvalue weighted by atomic mass is 10.1. The van der Waals surface area contributed by atoms with Crippen LogP contribution in [0.4, 0.5) is 5.69 Å². The third-order valence-corrected chi connectivity index (χ3v) is 4.47. The van der Waals surface area contributed by atoms with E-state index in [1.165, 1.54) is 19.3 Å². The van der Waals surface area contributed by atoms with Crippen molar-refractivity contribution in [1.82, 2.24) is 0 Å². The van der Waals surface area contributed by atoms with Crippen LogP contribution in [0.15, 0.2) is 18.2 Å². The summed E-state index contributed by atoms with van der Waals surface area (Å²) >= 11 is 0. The molecule has 3 heteroatoms. The number of nitrogens with one attached hydrogen (secondary N) is 1. The van der Waals surface area contributed by atoms with Crippen LogP contribution in [-0.2, 0) is 4.79 Å². The van der Waals surface area contributed by atoms with Crippen LogP contribution in [0.5, 0.6) is 0 Å². The Morgan fingerprint density at radius 3 is 2.85 bits per heavy atom. The molecule has 0 spiro atoms. The highest BCUT2D eigenvalue weighted by Gasteiger charge is 2.56. The zero-order chi connectivity index (χ0) is 14.1. The lowest BCUT2D eigenvalue weighted by Gasteiger charge is -2.09. The summed E-state index contributed by atoms with van der Waals surface area (Å²) < 4.78 is 0. The second-order valence-corrected chi connectivity index (χ2v) is 5.83. The Bertz CT molecular complexity index is 587. The molecule has 2 aliphatic rings. The number of hydrogen-bond acceptors (Lipinski definition) is 2. The first-order valence-electron chi connectivity index (χ1n) is 7.31. The Morgan fingerprint density at radius 2 is 2.15 bits per heavy atom. The van der Waals surface area contributed by atoms with Crippen LogP contribution in [-0.4, -0.2) is 12.5 Å². The van der Waals surface area contributed by atoms with Gasteiger partial charge in [-0.1, -0.05) is 24.3 Å². The molecule has 0 heterocycles. The fourth-order valence-electron chi connectivity index (χ4n) is 3.44. The second-order valence-electron chi connectivity index (χ2n) is 5.83. The number of amides is 1. The molecule has 0 bridgehead atoms. The van der Waals surface area contributed by atoms with Gasteiger partial charge in [0.15, 0.2) is 0 Å². The Morgan fingerprint density at radius 1 is 1.40 bits per heavy atom. The minimum atomic E-state index is 0.166. The smallest absolute Gasteiger partial charge is 0.228 e. The molecule has 1 aromatic carbocycles. The van der Waals surface area contributed by atoms with E-state index in [4.69, 9.17) is 5.73 Å². The van der Waals surface area contributed by atoms with Crippen molar-refractivity contribution in [3.05, 3.63) is 29.3 Å². The second kappa shape index (κ2) is 5.30. The lowest BCUT2D eigenvalue weighted by molar-refractivity contribution is -0.118. The van der Waals surface area contributed by atoms with Gasteiger partial charge in [-0.3, -0.25) is 4.79 Å². The highest BCUT2D eigenvalue weighted by molar-refractivity contribution is 5.96. The maximum atomic E-state index is 12.3. The summed E-state index contributed by atoms with van der Waals surface area (Å²) in [5, 5.41) is 3.05. The molecular formula is C17H20N2O. The summed E-state index contributed by atoms with van der Waals surface area (Å²) in [5.41, 5.74) is 8.22. The van der Waals surface area contributed by atoms with Gasteiger partial charge in [-0.05, 0) is 49.3 Å². The predicted molar refractivity (Wildman–Crippen MR) is 80.1 cm³/mol. The Balaban J connectivity index is 1.75. The fourth-order valence-corrected chi connectivity index (χ4v) is 3.44. The molecule has 0 aromatic heterocycles. The zero-order valence-electron chi connectivity index (χ0n) is 11.8. The van der Waals surface area contributed by atoms with Crippen molar-refractivity contribution in [1.29, 1.82) is 0 Å². The standard InChI is InChI=1S/C17H20N2O/c1-11-7-8-15(12(10-11)4-3-9-18)19-17(20)16-13-5-2-6-14(13)16/h7-8,10,13-14,16H,2,5-6,9,18H2,1H3,(H,19,20). The van der Waals surface area contributed by atoms with Crippen molar-refractivity contribution in [2.24, 2.45) is 23.5 Å². The highest BCUT2D eigenvalue weighted by Crippen LogP contribution is 2.57. The van der Waals surface area contributed by atoms with Crippen molar-refractivity contribution < 1.29 is 4.79 Å². The first kappa shape index (κ1) is 13.2. The van der Waals surface area contributed by atoms with E-state index in [0.717, 1.165) is 16.8 Å². The van der Waals surface area contributed by atoms with E-state index >= 15 is 0 Å². The number of nitrogens with two attached hydrogens (primary N) is 1. The molecule has 0 aliphatic heterocycles. The van der Waals surface area contributed by atoms with E-state index in [1.807, 2.05) is 25.1 Å². The average molecular weight is 268 g/mol. The monoisotopic (exact) mass is 268 g/mol. The fraction of sp³-hybridized carbons (Fsp3) is 0.471. The molecule has 3 nitrogen and oxygen atoms in total. The average Bonchev–Trinajstić information content (AvgIpc) is 2.92. The van der Waals surface area contributed by atoms with Gasteiger partial charge in [0, 0.05) is 11.5 Å². The van der Waals surface area contributed by atoms with Gasteiger partial charge in [0.25, 0.3) is 0 Å². The molecule has 2 aliphatic carbocycles. The molecule has 2 saturated carbocycles. The van der Waals surface area contributed by atoms with Gasteiger partial charge in [-0.15, -0.1) is 0 Å². The molecule has 20 heavy (non-hydrogen) atoms. The molecule has 1 aromatic rings. The molecule has 0 radical (unpaired) electrons. The highest BCUT2D eigenvalue weighted by atomic mass is 16.2. The van der Waals surface area contributed by atoms with Gasteiger partial charge < -0.3 is 11.1 Å². The van der Waals surface area contributed by atoms with Crippen molar-refractivity contribution in [3.8, 4) is 11.8 Å². The Hall–Kier alpha value is -1.79. The van der Waals surface area contributed by atoms with Crippen molar-refractivity contribution in [3.63, 3.8) is 0 Å². The number of carbonyl (C=O) groups excluding carboxylic acids is 1. The van der Waals surface area contributed by atoms with Crippen molar-refractivity contribution in [2.75, 3.05) is 11.9 Å². The minimum absolute atomic E-state index is 0.166. The first-order valence-corrected chi connectivity index (χ1v) is 7.31. The van der Waals surface area contributed by atoms with Gasteiger partial charge in [-0.25, -0.2) is 0 Å². The Kier molecular flexibility index (Phi) is 3.50. The van der Waals surface area contributed by atoms with E-state index < -0.39 is 0 Å². The zero-order valence-corrected chi connectivity index (χ0v) is 11.8. The van der Waals surface area contributed by atoms with E-state index in [9.17, 15) is 4.79 Å². The molecule has 3 rings (SSSR count). The number of fused-ring (bicyclic) bond motifs is 1. The summed E-state index contributed by atoms with van der Waals surface area (Å²) in [6.07, 6.45) is 3.73. The van der Waals surface area contributed by atoms with E-state index in [-0.39, 0.29) is 11.8 Å². The molecular weight excluding hydrogens is 248 g/mol. The van der Waals surface area contributed by atoms with Gasteiger partial charge in [0.05, 0.1) is 12.2 Å². The largest absolute Gasteiger partial charge is 0.325 e. The van der Waals surface area contributed by atoms with Gasteiger partial charge >= 0.3 is 0 Å². The minimum Gasteiger partial charge on any atom is -0.325 e. The summed E-state index contributed by atoms with van der Waals surface area (Å²) in [5.74, 6) is 7.57. The number of anilines is 1. The van der Waals surface area contributed by atoms with Crippen LogP contribution in [0, 0.1) is 36.5 Å². The lowest BCUT2D eigenvalue weighted by Crippen LogP contribution is -2.17. The third kappa shape index (κ3) is 2.44. The number of carbonyl (C=O) groups is 1. The molecule has 0 saturated heterocycles. The summed E-state index contributed by atoms with van der Waals surface area (Å²) in [7, 11) is 0. The van der Waals surface area contributed by atoms with Crippen LogP contribution in [0.1, 0.15) is 30.4 Å². The van der Waals surface area contributed by atoms with E-state index in [0.29, 0.717) is 18.4 Å². The first-order chi connectivity index (χ1) is 9.70. The number of benzene rings is 1. The molecule has 3 N–H and O–H groups in total. The van der Waals surface area contributed by atoms with Gasteiger partial charge in [-0.2, -0.15) is 0 Å². The topological polar surface area (TPSA) is 55.1 Å².